The van der Waals surface area contributed by atoms with E-state index < -0.39 is 0 Å². The highest BCUT2D eigenvalue weighted by Crippen LogP contribution is 2.40. The lowest BCUT2D eigenvalue weighted by atomic mass is 9.67. The molecule has 22 heavy (non-hydrogen) atoms. The predicted octanol–water partition coefficient (Wildman–Crippen LogP) is 3.34. The third-order valence-electron chi connectivity index (χ3n) is 5.03. The van der Waals surface area contributed by atoms with Crippen molar-refractivity contribution in [3.63, 3.8) is 0 Å². The average molecular weight is 301 g/mol. The van der Waals surface area contributed by atoms with Crippen LogP contribution in [-0.4, -0.2) is 18.8 Å². The maximum absolute atomic E-state index is 12.6. The van der Waals surface area contributed by atoms with Gasteiger partial charge in [0.25, 0.3) is 0 Å². The highest BCUT2D eigenvalue weighted by atomic mass is 16.5. The number of ketones is 1. The topological polar surface area (TPSA) is 55.4 Å². The van der Waals surface area contributed by atoms with E-state index in [-0.39, 0.29) is 23.7 Å². The van der Waals surface area contributed by atoms with Crippen LogP contribution in [0.1, 0.15) is 37.7 Å². The molecule has 1 amide bonds. The molecule has 1 N–H and O–H groups in total. The highest BCUT2D eigenvalue weighted by Gasteiger charge is 2.41. The summed E-state index contributed by atoms with van der Waals surface area (Å²) >= 11 is 0. The third-order valence-corrected chi connectivity index (χ3v) is 5.03. The van der Waals surface area contributed by atoms with Crippen molar-refractivity contribution in [1.29, 1.82) is 0 Å². The maximum atomic E-state index is 12.6. The van der Waals surface area contributed by atoms with Crippen LogP contribution in [0.15, 0.2) is 18.2 Å². The lowest BCUT2D eigenvalue weighted by Gasteiger charge is -2.37. The zero-order chi connectivity index (χ0) is 15.7. The first-order valence-electron chi connectivity index (χ1n) is 8.07. The monoisotopic (exact) mass is 301 g/mol. The van der Waals surface area contributed by atoms with Gasteiger partial charge in [-0.15, -0.1) is 0 Å². The molecule has 1 aromatic carbocycles. The largest absolute Gasteiger partial charge is 0.495 e. The van der Waals surface area contributed by atoms with E-state index in [1.807, 2.05) is 25.1 Å². The predicted molar refractivity (Wildman–Crippen MR) is 84.9 cm³/mol. The number of Topliss-reactive ketones (excluding diaryl/α,β-unsaturated/α-hetero) is 1. The van der Waals surface area contributed by atoms with Gasteiger partial charge >= 0.3 is 0 Å². The number of benzene rings is 1. The Kier molecular flexibility index (Phi) is 4.19. The van der Waals surface area contributed by atoms with Gasteiger partial charge in [-0.25, -0.2) is 0 Å². The van der Waals surface area contributed by atoms with E-state index in [1.54, 1.807) is 7.11 Å². The van der Waals surface area contributed by atoms with Crippen LogP contribution in [0.3, 0.4) is 0 Å². The Balaban J connectivity index is 1.73. The summed E-state index contributed by atoms with van der Waals surface area (Å²) in [6.45, 7) is 1.98. The van der Waals surface area contributed by atoms with Gasteiger partial charge in [-0.1, -0.05) is 12.5 Å². The van der Waals surface area contributed by atoms with Crippen molar-refractivity contribution >= 4 is 17.4 Å². The van der Waals surface area contributed by atoms with Gasteiger partial charge in [0, 0.05) is 17.8 Å². The van der Waals surface area contributed by atoms with Crippen molar-refractivity contribution in [2.24, 2.45) is 17.8 Å². The van der Waals surface area contributed by atoms with Gasteiger partial charge in [0.05, 0.1) is 12.8 Å². The molecule has 4 heteroatoms. The van der Waals surface area contributed by atoms with Crippen LogP contribution in [0.4, 0.5) is 5.69 Å². The quantitative estimate of drug-likeness (QED) is 0.931. The molecular formula is C18H23NO3. The highest BCUT2D eigenvalue weighted by molar-refractivity contribution is 5.96. The molecule has 2 bridgehead atoms. The van der Waals surface area contributed by atoms with Crippen molar-refractivity contribution in [2.75, 3.05) is 12.4 Å². The van der Waals surface area contributed by atoms with E-state index in [1.165, 1.54) is 0 Å². The van der Waals surface area contributed by atoms with E-state index in [9.17, 15) is 9.59 Å². The number of carbonyl (C=O) groups is 2. The molecule has 3 rings (SSSR count). The fraction of sp³-hybridized carbons (Fsp3) is 0.556. The Bertz CT molecular complexity index is 580. The van der Waals surface area contributed by atoms with Gasteiger partial charge in [-0.3, -0.25) is 9.59 Å². The number of ether oxygens (including phenoxy) is 1. The first-order chi connectivity index (χ1) is 10.6. The molecule has 0 aliphatic heterocycles. The van der Waals surface area contributed by atoms with E-state index in [2.05, 4.69) is 5.32 Å². The number of rotatable bonds is 3. The number of nitrogens with one attached hydrogen (secondary N) is 1. The summed E-state index contributed by atoms with van der Waals surface area (Å²) in [6.07, 6.45) is 4.44. The number of fused-ring (bicyclic) bond motifs is 2. The molecule has 0 spiro atoms. The molecular weight excluding hydrogens is 278 g/mol. The Morgan fingerprint density at radius 3 is 2.55 bits per heavy atom. The van der Waals surface area contributed by atoms with Crippen molar-refractivity contribution in [1.82, 2.24) is 0 Å². The second-order valence-electron chi connectivity index (χ2n) is 6.59. The number of amides is 1. The normalized spacial score (nSPS) is 27.4. The molecule has 0 heterocycles. The van der Waals surface area contributed by atoms with Gasteiger partial charge in [-0.2, -0.15) is 0 Å². The number of aryl methyl sites for hydroxylation is 1. The number of hydrogen-bond donors (Lipinski definition) is 1. The zero-order valence-corrected chi connectivity index (χ0v) is 13.2. The van der Waals surface area contributed by atoms with Crippen LogP contribution in [0.2, 0.25) is 0 Å². The lowest BCUT2D eigenvalue weighted by Crippen LogP contribution is -2.40. The van der Waals surface area contributed by atoms with Crippen LogP contribution in [0.25, 0.3) is 0 Å². The van der Waals surface area contributed by atoms with Crippen LogP contribution < -0.4 is 10.1 Å². The van der Waals surface area contributed by atoms with E-state index >= 15 is 0 Å². The number of methoxy groups -OCH3 is 1. The average Bonchev–Trinajstić information content (AvgIpc) is 2.47. The van der Waals surface area contributed by atoms with Crippen LogP contribution in [-0.2, 0) is 9.59 Å². The zero-order valence-electron chi connectivity index (χ0n) is 13.2. The van der Waals surface area contributed by atoms with Crippen LogP contribution in [0.5, 0.6) is 5.75 Å². The minimum absolute atomic E-state index is 0.0216. The maximum Gasteiger partial charge on any atom is 0.227 e. The van der Waals surface area contributed by atoms with Crippen molar-refractivity contribution < 1.29 is 14.3 Å². The molecule has 0 aromatic heterocycles. The summed E-state index contributed by atoms with van der Waals surface area (Å²) in [4.78, 5) is 24.7. The third kappa shape index (κ3) is 2.87. The molecule has 4 nitrogen and oxygen atoms in total. The van der Waals surface area contributed by atoms with Crippen LogP contribution in [0, 0.1) is 24.7 Å². The summed E-state index contributed by atoms with van der Waals surface area (Å²) in [5.41, 5.74) is 1.79. The van der Waals surface area contributed by atoms with Crippen molar-refractivity contribution in [3.8, 4) is 5.75 Å². The van der Waals surface area contributed by atoms with Gasteiger partial charge in [0.15, 0.2) is 0 Å². The Labute approximate surface area is 131 Å². The molecule has 0 radical (unpaired) electrons. The van der Waals surface area contributed by atoms with E-state index in [0.717, 1.165) is 30.5 Å². The smallest absolute Gasteiger partial charge is 0.227 e. The Hall–Kier alpha value is -1.84. The second kappa shape index (κ2) is 6.11. The van der Waals surface area contributed by atoms with Gasteiger partial charge in [-0.05, 0) is 50.3 Å². The molecule has 3 atom stereocenters. The standard InChI is InChI=1S/C18H23NO3/c1-11-6-7-16(22-2)15(8-11)19-18(21)14-9-12-4-3-5-13(10-14)17(12)20/h6-8,12-14H,3-5,9-10H2,1-2H3,(H,19,21)/t12-,13+,14?. The minimum atomic E-state index is -0.0572. The summed E-state index contributed by atoms with van der Waals surface area (Å²) in [5, 5.41) is 3.00. The number of carbonyl (C=O) groups excluding carboxylic acids is 2. The second-order valence-corrected chi connectivity index (χ2v) is 6.59. The molecule has 0 saturated heterocycles. The summed E-state index contributed by atoms with van der Waals surface area (Å²) < 4.78 is 5.31. The number of anilines is 1. The molecule has 2 aliphatic carbocycles. The van der Waals surface area contributed by atoms with Gasteiger partial charge < -0.3 is 10.1 Å². The van der Waals surface area contributed by atoms with Gasteiger partial charge in [0.2, 0.25) is 5.91 Å². The lowest BCUT2D eigenvalue weighted by molar-refractivity contribution is -0.136. The molecule has 1 unspecified atom stereocenters. The SMILES string of the molecule is COc1ccc(C)cc1NC(=O)C1C[C@H]2CCC[C@@H](C1)C2=O. The summed E-state index contributed by atoms with van der Waals surface area (Å²) in [5.74, 6) is 1.23. The molecule has 2 aliphatic rings. The Morgan fingerprint density at radius 1 is 1.23 bits per heavy atom. The Morgan fingerprint density at radius 2 is 1.91 bits per heavy atom. The number of hydrogen-bond acceptors (Lipinski definition) is 3. The summed E-state index contributed by atoms with van der Waals surface area (Å²) in [6, 6.07) is 5.74. The first-order valence-corrected chi connectivity index (χ1v) is 8.07. The molecule has 2 fully saturated rings. The van der Waals surface area contributed by atoms with E-state index in [0.29, 0.717) is 24.4 Å². The fourth-order valence-corrected chi connectivity index (χ4v) is 3.85. The van der Waals surface area contributed by atoms with E-state index in [4.69, 9.17) is 4.74 Å². The van der Waals surface area contributed by atoms with Gasteiger partial charge in [0.1, 0.15) is 11.5 Å². The van der Waals surface area contributed by atoms with Crippen molar-refractivity contribution in [3.05, 3.63) is 23.8 Å². The fourth-order valence-electron chi connectivity index (χ4n) is 3.85. The molecule has 2 saturated carbocycles. The molecule has 1 aromatic rings. The van der Waals surface area contributed by atoms with Crippen LogP contribution >= 0.6 is 0 Å². The molecule has 118 valence electrons. The van der Waals surface area contributed by atoms with Crippen molar-refractivity contribution in [2.45, 2.75) is 39.0 Å². The minimum Gasteiger partial charge on any atom is -0.495 e. The first kappa shape index (κ1) is 15.1. The summed E-state index contributed by atoms with van der Waals surface area (Å²) in [7, 11) is 1.60.